The molecule has 0 fully saturated rings. The number of methoxy groups -OCH3 is 2. The van der Waals surface area contributed by atoms with Crippen molar-refractivity contribution in [3.63, 3.8) is 0 Å². The van der Waals surface area contributed by atoms with Crippen LogP contribution in [0, 0.1) is 0 Å². The summed E-state index contributed by atoms with van der Waals surface area (Å²) in [5, 5.41) is 2.81. The summed E-state index contributed by atoms with van der Waals surface area (Å²) in [5.41, 5.74) is 2.25. The smallest absolute Gasteiger partial charge is 0.244 e. The van der Waals surface area contributed by atoms with Crippen LogP contribution >= 0.6 is 0 Å². The van der Waals surface area contributed by atoms with E-state index >= 15 is 0 Å². The summed E-state index contributed by atoms with van der Waals surface area (Å²) in [6.45, 7) is 1.30. The molecule has 0 spiro atoms. The summed E-state index contributed by atoms with van der Waals surface area (Å²) in [6.07, 6.45) is 0. The van der Waals surface area contributed by atoms with E-state index in [0.717, 1.165) is 5.69 Å². The monoisotopic (exact) mass is 371 g/mol. The number of hydrogen-bond acceptors (Lipinski definition) is 5. The Bertz CT molecular complexity index is 803. The zero-order valence-corrected chi connectivity index (χ0v) is 16.3. The lowest BCUT2D eigenvalue weighted by Crippen LogP contribution is -2.36. The molecule has 0 aliphatic heterocycles. The maximum atomic E-state index is 12.4. The van der Waals surface area contributed by atoms with Crippen molar-refractivity contribution in [2.24, 2.45) is 0 Å². The summed E-state index contributed by atoms with van der Waals surface area (Å²) in [6, 6.07) is 12.5. The molecule has 2 amide bonds. The molecule has 0 saturated heterocycles. The van der Waals surface area contributed by atoms with Gasteiger partial charge in [-0.15, -0.1) is 0 Å². The quantitative estimate of drug-likeness (QED) is 0.810. The highest BCUT2D eigenvalue weighted by molar-refractivity contribution is 6.02. The molecule has 1 N–H and O–H groups in total. The molecule has 0 atom stereocenters. The summed E-state index contributed by atoms with van der Waals surface area (Å²) in [5.74, 6) is 0.494. The predicted octanol–water partition coefficient (Wildman–Crippen LogP) is 2.76. The molecule has 0 radical (unpaired) electrons. The number of benzene rings is 2. The summed E-state index contributed by atoms with van der Waals surface area (Å²) < 4.78 is 10.5. The van der Waals surface area contributed by atoms with E-state index in [2.05, 4.69) is 5.32 Å². The van der Waals surface area contributed by atoms with E-state index in [1.165, 1.54) is 26.0 Å². The Labute approximate surface area is 159 Å². The van der Waals surface area contributed by atoms with Crippen molar-refractivity contribution in [3.05, 3.63) is 42.5 Å². The largest absolute Gasteiger partial charge is 0.493 e. The third-order valence-electron chi connectivity index (χ3n) is 4.03. The van der Waals surface area contributed by atoms with Crippen LogP contribution < -0.4 is 24.6 Å². The first kappa shape index (κ1) is 20.1. The lowest BCUT2D eigenvalue weighted by molar-refractivity contribution is -0.120. The molecule has 0 bridgehead atoms. The first-order valence-corrected chi connectivity index (χ1v) is 8.43. The molecule has 7 nitrogen and oxygen atoms in total. The van der Waals surface area contributed by atoms with Gasteiger partial charge in [-0.3, -0.25) is 9.59 Å². The van der Waals surface area contributed by atoms with Crippen molar-refractivity contribution in [2.75, 3.05) is 50.0 Å². The number of hydrogen-bond donors (Lipinski definition) is 1. The minimum Gasteiger partial charge on any atom is -0.493 e. The average molecular weight is 371 g/mol. The number of rotatable bonds is 7. The van der Waals surface area contributed by atoms with E-state index < -0.39 is 0 Å². The van der Waals surface area contributed by atoms with Crippen LogP contribution in [0.3, 0.4) is 0 Å². The van der Waals surface area contributed by atoms with Crippen LogP contribution in [0.2, 0.25) is 0 Å². The highest BCUT2D eigenvalue weighted by Gasteiger charge is 2.18. The van der Waals surface area contributed by atoms with Gasteiger partial charge in [0.25, 0.3) is 0 Å². The molecule has 0 aliphatic carbocycles. The van der Waals surface area contributed by atoms with E-state index in [1.807, 2.05) is 43.3 Å². The van der Waals surface area contributed by atoms with Crippen LogP contribution in [0.5, 0.6) is 11.5 Å². The van der Waals surface area contributed by atoms with E-state index in [1.54, 1.807) is 18.2 Å². The fourth-order valence-electron chi connectivity index (χ4n) is 2.56. The van der Waals surface area contributed by atoms with Gasteiger partial charge in [0.2, 0.25) is 11.8 Å². The lowest BCUT2D eigenvalue weighted by atomic mass is 10.2. The fraction of sp³-hybridized carbons (Fsp3) is 0.300. The number of ether oxygens (including phenoxy) is 2. The van der Waals surface area contributed by atoms with Crippen molar-refractivity contribution < 1.29 is 19.1 Å². The van der Waals surface area contributed by atoms with Crippen molar-refractivity contribution in [1.29, 1.82) is 0 Å². The third-order valence-corrected chi connectivity index (χ3v) is 4.03. The molecule has 2 rings (SSSR count). The van der Waals surface area contributed by atoms with Gasteiger partial charge in [-0.05, 0) is 36.4 Å². The van der Waals surface area contributed by atoms with Crippen LogP contribution in [0.4, 0.5) is 17.1 Å². The standard InChI is InChI=1S/C20H25N3O4/c1-14(24)23(17-10-11-18(26-4)19(12-17)27-5)13-20(25)21-15-6-8-16(9-7-15)22(2)3/h6-12H,13H2,1-5H3,(H,21,25). The normalized spacial score (nSPS) is 10.1. The van der Waals surface area contributed by atoms with Gasteiger partial charge >= 0.3 is 0 Å². The molecule has 0 aromatic heterocycles. The van der Waals surface area contributed by atoms with E-state index in [-0.39, 0.29) is 18.4 Å². The minimum atomic E-state index is -0.294. The molecule has 0 unspecified atom stereocenters. The maximum absolute atomic E-state index is 12.4. The molecule has 2 aromatic carbocycles. The Morgan fingerprint density at radius 2 is 1.52 bits per heavy atom. The zero-order valence-electron chi connectivity index (χ0n) is 16.3. The van der Waals surface area contributed by atoms with Gasteiger partial charge in [-0.25, -0.2) is 0 Å². The van der Waals surface area contributed by atoms with Crippen molar-refractivity contribution >= 4 is 28.9 Å². The number of nitrogens with zero attached hydrogens (tertiary/aromatic N) is 2. The summed E-state index contributed by atoms with van der Waals surface area (Å²) >= 11 is 0. The molecule has 0 aliphatic rings. The molecule has 0 saturated carbocycles. The molecular formula is C20H25N3O4. The van der Waals surface area contributed by atoms with Crippen LogP contribution in [-0.2, 0) is 9.59 Å². The second-order valence-electron chi connectivity index (χ2n) is 6.13. The molecule has 144 valence electrons. The highest BCUT2D eigenvalue weighted by Crippen LogP contribution is 2.31. The summed E-state index contributed by atoms with van der Waals surface area (Å²) in [7, 11) is 6.95. The number of anilines is 3. The van der Waals surface area contributed by atoms with Gasteiger partial charge < -0.3 is 24.6 Å². The fourth-order valence-corrected chi connectivity index (χ4v) is 2.56. The highest BCUT2D eigenvalue weighted by atomic mass is 16.5. The first-order valence-electron chi connectivity index (χ1n) is 8.43. The number of nitrogens with one attached hydrogen (secondary N) is 1. The molecule has 2 aromatic rings. The van der Waals surface area contributed by atoms with E-state index in [4.69, 9.17) is 9.47 Å². The Balaban J connectivity index is 2.13. The SMILES string of the molecule is COc1ccc(N(CC(=O)Nc2ccc(N(C)C)cc2)C(C)=O)cc1OC. The van der Waals surface area contributed by atoms with Gasteiger partial charge in [0.15, 0.2) is 11.5 Å². The Kier molecular flexibility index (Phi) is 6.65. The lowest BCUT2D eigenvalue weighted by Gasteiger charge is -2.22. The molecule has 27 heavy (non-hydrogen) atoms. The van der Waals surface area contributed by atoms with Crippen LogP contribution in [0.15, 0.2) is 42.5 Å². The van der Waals surface area contributed by atoms with E-state index in [0.29, 0.717) is 22.9 Å². The average Bonchev–Trinajstić information content (AvgIpc) is 2.65. The maximum Gasteiger partial charge on any atom is 0.244 e. The van der Waals surface area contributed by atoms with Gasteiger partial charge in [0.05, 0.1) is 14.2 Å². The Morgan fingerprint density at radius 3 is 2.04 bits per heavy atom. The van der Waals surface area contributed by atoms with Gasteiger partial charge in [-0.1, -0.05) is 0 Å². The van der Waals surface area contributed by atoms with Crippen molar-refractivity contribution in [2.45, 2.75) is 6.92 Å². The molecular weight excluding hydrogens is 346 g/mol. The first-order chi connectivity index (χ1) is 12.8. The van der Waals surface area contributed by atoms with Gasteiger partial charge in [0, 0.05) is 44.1 Å². The summed E-state index contributed by atoms with van der Waals surface area (Å²) in [4.78, 5) is 27.9. The van der Waals surface area contributed by atoms with Gasteiger partial charge in [0.1, 0.15) is 6.54 Å². The van der Waals surface area contributed by atoms with E-state index in [9.17, 15) is 9.59 Å². The second-order valence-corrected chi connectivity index (χ2v) is 6.13. The molecule has 0 heterocycles. The number of carbonyl (C=O) groups excluding carboxylic acids is 2. The van der Waals surface area contributed by atoms with Crippen molar-refractivity contribution in [1.82, 2.24) is 0 Å². The minimum absolute atomic E-state index is 0.111. The topological polar surface area (TPSA) is 71.1 Å². The van der Waals surface area contributed by atoms with Crippen LogP contribution in [-0.4, -0.2) is 46.7 Å². The molecule has 7 heteroatoms. The third kappa shape index (κ3) is 5.13. The van der Waals surface area contributed by atoms with Crippen LogP contribution in [0.1, 0.15) is 6.92 Å². The van der Waals surface area contributed by atoms with Crippen LogP contribution in [0.25, 0.3) is 0 Å². The van der Waals surface area contributed by atoms with Crippen molar-refractivity contribution in [3.8, 4) is 11.5 Å². The number of amides is 2. The Hall–Kier alpha value is -3.22. The Morgan fingerprint density at radius 1 is 0.926 bits per heavy atom. The predicted molar refractivity (Wildman–Crippen MR) is 107 cm³/mol. The second kappa shape index (κ2) is 8.93. The zero-order chi connectivity index (χ0) is 20.0. The van der Waals surface area contributed by atoms with Gasteiger partial charge in [-0.2, -0.15) is 0 Å². The number of carbonyl (C=O) groups is 2.